The molecule has 0 spiro atoms. The van der Waals surface area contributed by atoms with Gasteiger partial charge < -0.3 is 10.3 Å². The molecule has 21 heavy (non-hydrogen) atoms. The monoisotopic (exact) mass is 293 g/mol. The average molecular weight is 293 g/mol. The Kier molecular flexibility index (Phi) is 3.20. The molecule has 8 heteroatoms. The standard InChI is InChI=1S/C13H10F3N5/c14-13(15,16)10(8-4-2-1-3-5-8)21-12-9-11(18-6-17-9)19-7-20-12/h1-7,10H,(H2,17,18,19,20,21). The molecule has 3 rings (SSSR count). The lowest BCUT2D eigenvalue weighted by molar-refractivity contribution is -0.144. The zero-order valence-electron chi connectivity index (χ0n) is 10.6. The molecule has 108 valence electrons. The number of H-pyrrole nitrogens is 1. The van der Waals surface area contributed by atoms with Gasteiger partial charge in [-0.3, -0.25) is 0 Å². The minimum absolute atomic E-state index is 0.0590. The Labute approximate surface area is 117 Å². The zero-order chi connectivity index (χ0) is 14.9. The van der Waals surface area contributed by atoms with Crippen molar-refractivity contribution in [3.63, 3.8) is 0 Å². The van der Waals surface area contributed by atoms with Crippen molar-refractivity contribution >= 4 is 17.0 Å². The van der Waals surface area contributed by atoms with Crippen LogP contribution in [0.25, 0.3) is 11.2 Å². The van der Waals surface area contributed by atoms with Crippen molar-refractivity contribution < 1.29 is 13.2 Å². The number of benzene rings is 1. The third-order valence-electron chi connectivity index (χ3n) is 2.96. The third kappa shape index (κ3) is 2.64. The Morgan fingerprint density at radius 1 is 1.05 bits per heavy atom. The lowest BCUT2D eigenvalue weighted by Gasteiger charge is -2.22. The van der Waals surface area contributed by atoms with E-state index in [9.17, 15) is 13.2 Å². The molecule has 0 amide bonds. The van der Waals surface area contributed by atoms with Crippen LogP contribution in [-0.4, -0.2) is 26.1 Å². The molecule has 0 aliphatic rings. The molecule has 0 saturated carbocycles. The predicted octanol–water partition coefficient (Wildman–Crippen LogP) is 3.07. The van der Waals surface area contributed by atoms with Crippen molar-refractivity contribution in [3.8, 4) is 0 Å². The van der Waals surface area contributed by atoms with Gasteiger partial charge in [-0.05, 0) is 5.56 Å². The summed E-state index contributed by atoms with van der Waals surface area (Å²) in [6.45, 7) is 0. The van der Waals surface area contributed by atoms with Gasteiger partial charge in [-0.25, -0.2) is 15.0 Å². The van der Waals surface area contributed by atoms with E-state index < -0.39 is 12.2 Å². The first-order chi connectivity index (χ1) is 10.1. The molecular formula is C13H10F3N5. The van der Waals surface area contributed by atoms with E-state index >= 15 is 0 Å². The first-order valence-corrected chi connectivity index (χ1v) is 6.08. The fourth-order valence-electron chi connectivity index (χ4n) is 2.01. The number of aromatic amines is 1. The van der Waals surface area contributed by atoms with Crippen LogP contribution < -0.4 is 5.32 Å². The Morgan fingerprint density at radius 3 is 2.52 bits per heavy atom. The molecule has 2 heterocycles. The summed E-state index contributed by atoms with van der Waals surface area (Å²) in [5.41, 5.74) is 0.750. The summed E-state index contributed by atoms with van der Waals surface area (Å²) < 4.78 is 39.9. The van der Waals surface area contributed by atoms with Gasteiger partial charge in [0.2, 0.25) is 0 Å². The fourth-order valence-corrected chi connectivity index (χ4v) is 2.01. The number of halogens is 3. The third-order valence-corrected chi connectivity index (χ3v) is 2.96. The second-order valence-electron chi connectivity index (χ2n) is 4.35. The molecule has 0 radical (unpaired) electrons. The number of alkyl halides is 3. The van der Waals surface area contributed by atoms with Crippen LogP contribution in [0.4, 0.5) is 19.0 Å². The molecule has 0 fully saturated rings. The number of imidazole rings is 1. The second-order valence-corrected chi connectivity index (χ2v) is 4.35. The lowest BCUT2D eigenvalue weighted by Crippen LogP contribution is -2.28. The summed E-state index contributed by atoms with van der Waals surface area (Å²) in [5.74, 6) is 0.0590. The summed E-state index contributed by atoms with van der Waals surface area (Å²) in [6, 6.07) is 5.74. The highest BCUT2D eigenvalue weighted by atomic mass is 19.4. The van der Waals surface area contributed by atoms with Crippen LogP contribution in [0.3, 0.4) is 0 Å². The maximum absolute atomic E-state index is 13.3. The topological polar surface area (TPSA) is 66.5 Å². The highest BCUT2D eigenvalue weighted by molar-refractivity contribution is 5.82. The minimum Gasteiger partial charge on any atom is -0.353 e. The van der Waals surface area contributed by atoms with E-state index in [1.54, 1.807) is 18.2 Å². The summed E-state index contributed by atoms with van der Waals surface area (Å²) in [6.07, 6.45) is -1.93. The molecule has 5 nitrogen and oxygen atoms in total. The molecule has 1 unspecified atom stereocenters. The van der Waals surface area contributed by atoms with Crippen LogP contribution in [0.2, 0.25) is 0 Å². The lowest BCUT2D eigenvalue weighted by atomic mass is 10.1. The molecule has 1 aromatic carbocycles. The van der Waals surface area contributed by atoms with Gasteiger partial charge in [-0.1, -0.05) is 30.3 Å². The van der Waals surface area contributed by atoms with Crippen molar-refractivity contribution in [1.29, 1.82) is 0 Å². The van der Waals surface area contributed by atoms with Crippen LogP contribution in [0.5, 0.6) is 0 Å². The maximum atomic E-state index is 13.3. The highest BCUT2D eigenvalue weighted by Crippen LogP contribution is 2.35. The van der Waals surface area contributed by atoms with Crippen LogP contribution in [0, 0.1) is 0 Å². The molecule has 2 aromatic heterocycles. The minimum atomic E-state index is -4.46. The van der Waals surface area contributed by atoms with E-state index in [0.717, 1.165) is 0 Å². The van der Waals surface area contributed by atoms with Crippen LogP contribution in [0.1, 0.15) is 11.6 Å². The fraction of sp³-hybridized carbons (Fsp3) is 0.154. The van der Waals surface area contributed by atoms with Crippen molar-refractivity contribution in [2.45, 2.75) is 12.2 Å². The Bertz CT molecular complexity index is 738. The second kappa shape index (κ2) is 5.04. The van der Waals surface area contributed by atoms with Gasteiger partial charge in [0.25, 0.3) is 0 Å². The number of hydrogen-bond acceptors (Lipinski definition) is 4. The quantitative estimate of drug-likeness (QED) is 0.779. The number of aromatic nitrogens is 4. The van der Waals surface area contributed by atoms with E-state index in [1.165, 1.54) is 24.8 Å². The van der Waals surface area contributed by atoms with Crippen molar-refractivity contribution in [3.05, 3.63) is 48.5 Å². The number of fused-ring (bicyclic) bond motifs is 1. The first-order valence-electron chi connectivity index (χ1n) is 6.08. The van der Waals surface area contributed by atoms with Gasteiger partial charge in [0, 0.05) is 0 Å². The number of anilines is 1. The van der Waals surface area contributed by atoms with Gasteiger partial charge in [-0.2, -0.15) is 13.2 Å². The number of nitrogens with zero attached hydrogens (tertiary/aromatic N) is 3. The summed E-state index contributed by atoms with van der Waals surface area (Å²) in [4.78, 5) is 14.4. The average Bonchev–Trinajstić information content (AvgIpc) is 2.93. The van der Waals surface area contributed by atoms with Crippen LogP contribution >= 0.6 is 0 Å². The summed E-state index contributed by atoms with van der Waals surface area (Å²) in [5, 5.41) is 2.42. The molecule has 0 saturated heterocycles. The number of rotatable bonds is 3. The smallest absolute Gasteiger partial charge is 0.353 e. The van der Waals surface area contributed by atoms with Crippen LogP contribution in [-0.2, 0) is 0 Å². The first kappa shape index (κ1) is 13.3. The Balaban J connectivity index is 2.01. The predicted molar refractivity (Wildman–Crippen MR) is 70.5 cm³/mol. The zero-order valence-corrected chi connectivity index (χ0v) is 10.6. The van der Waals surface area contributed by atoms with Gasteiger partial charge in [0.1, 0.15) is 17.9 Å². The molecule has 3 aromatic rings. The molecule has 2 N–H and O–H groups in total. The van der Waals surface area contributed by atoms with E-state index in [0.29, 0.717) is 11.2 Å². The van der Waals surface area contributed by atoms with Crippen molar-refractivity contribution in [1.82, 2.24) is 19.9 Å². The molecule has 1 atom stereocenters. The SMILES string of the molecule is FC(F)(F)C(Nc1ncnc2nc[nH]c12)c1ccccc1. The normalized spacial score (nSPS) is 13.3. The number of nitrogens with one attached hydrogen (secondary N) is 2. The van der Waals surface area contributed by atoms with E-state index in [1.807, 2.05) is 0 Å². The molecule has 0 aliphatic heterocycles. The maximum Gasteiger partial charge on any atom is 0.412 e. The Hall–Kier alpha value is -2.64. The number of hydrogen-bond donors (Lipinski definition) is 2. The molecule has 0 aliphatic carbocycles. The van der Waals surface area contributed by atoms with Crippen molar-refractivity contribution in [2.75, 3.05) is 5.32 Å². The van der Waals surface area contributed by atoms with E-state index in [2.05, 4.69) is 25.3 Å². The van der Waals surface area contributed by atoms with E-state index in [-0.39, 0.29) is 11.4 Å². The highest BCUT2D eigenvalue weighted by Gasteiger charge is 2.41. The van der Waals surface area contributed by atoms with Gasteiger partial charge in [0.15, 0.2) is 11.5 Å². The molecular weight excluding hydrogens is 283 g/mol. The largest absolute Gasteiger partial charge is 0.412 e. The van der Waals surface area contributed by atoms with Crippen LogP contribution in [0.15, 0.2) is 43.0 Å². The van der Waals surface area contributed by atoms with Gasteiger partial charge in [0.05, 0.1) is 6.33 Å². The van der Waals surface area contributed by atoms with Crippen molar-refractivity contribution in [2.24, 2.45) is 0 Å². The Morgan fingerprint density at radius 2 is 1.81 bits per heavy atom. The summed E-state index contributed by atoms with van der Waals surface area (Å²) in [7, 11) is 0. The molecule has 0 bridgehead atoms. The van der Waals surface area contributed by atoms with Gasteiger partial charge >= 0.3 is 6.18 Å². The summed E-state index contributed by atoms with van der Waals surface area (Å²) >= 11 is 0. The van der Waals surface area contributed by atoms with E-state index in [4.69, 9.17) is 0 Å². The van der Waals surface area contributed by atoms with Gasteiger partial charge in [-0.15, -0.1) is 0 Å².